The van der Waals surface area contributed by atoms with Crippen LogP contribution in [0, 0.1) is 16.7 Å². The Kier molecular flexibility index (Phi) is 1.37. The highest BCUT2D eigenvalue weighted by atomic mass is 16.4. The Morgan fingerprint density at radius 2 is 2.08 bits per heavy atom. The van der Waals surface area contributed by atoms with Crippen LogP contribution in [-0.4, -0.2) is 11.1 Å². The van der Waals surface area contributed by atoms with Gasteiger partial charge in [-0.25, -0.2) is 0 Å². The Morgan fingerprint density at radius 1 is 1.42 bits per heavy atom. The predicted octanol–water partition coefficient (Wildman–Crippen LogP) is 2.29. The molecular weight excluding hydrogens is 152 g/mol. The first kappa shape index (κ1) is 8.09. The molecule has 2 rings (SSSR count). The molecule has 3 unspecified atom stereocenters. The molecule has 2 aliphatic rings. The first-order valence-electron chi connectivity index (χ1n) is 4.72. The fraction of sp³-hybridized carbons (Fsp3) is 0.900. The molecule has 0 aromatic heterocycles. The van der Waals surface area contributed by atoms with E-state index in [1.165, 1.54) is 12.8 Å². The summed E-state index contributed by atoms with van der Waals surface area (Å²) in [4.78, 5) is 10.9. The predicted molar refractivity (Wildman–Crippen MR) is 45.8 cm³/mol. The summed E-state index contributed by atoms with van der Waals surface area (Å²) in [5.41, 5.74) is 0.453. The summed E-state index contributed by atoms with van der Waals surface area (Å²) < 4.78 is 0. The third kappa shape index (κ3) is 0.686. The normalized spacial score (nSPS) is 51.3. The van der Waals surface area contributed by atoms with Crippen LogP contribution < -0.4 is 0 Å². The number of carboxylic acids is 1. The largest absolute Gasteiger partial charge is 0.481 e. The highest BCUT2D eigenvalue weighted by Gasteiger charge is 2.64. The van der Waals surface area contributed by atoms with Crippen molar-refractivity contribution in [3.05, 3.63) is 0 Å². The van der Waals surface area contributed by atoms with Crippen LogP contribution in [0.3, 0.4) is 0 Å². The molecule has 0 bridgehead atoms. The van der Waals surface area contributed by atoms with Gasteiger partial charge < -0.3 is 5.11 Å². The standard InChI is InChI=1S/C10H16O2/c1-9-4-3-5-10(9,2)7(6-9)8(11)12/h7H,3-6H2,1-2H3,(H,11,12). The molecule has 2 saturated carbocycles. The molecule has 12 heavy (non-hydrogen) atoms. The monoisotopic (exact) mass is 168 g/mol. The molecule has 0 aromatic carbocycles. The maximum atomic E-state index is 10.9. The molecule has 2 nitrogen and oxygen atoms in total. The van der Waals surface area contributed by atoms with Crippen LogP contribution >= 0.6 is 0 Å². The van der Waals surface area contributed by atoms with E-state index in [-0.39, 0.29) is 11.3 Å². The van der Waals surface area contributed by atoms with Crippen molar-refractivity contribution < 1.29 is 9.90 Å². The lowest BCUT2D eigenvalue weighted by atomic mass is 9.47. The van der Waals surface area contributed by atoms with Gasteiger partial charge in [-0.1, -0.05) is 20.3 Å². The van der Waals surface area contributed by atoms with Crippen molar-refractivity contribution in [1.29, 1.82) is 0 Å². The highest BCUT2D eigenvalue weighted by Crippen LogP contribution is 2.69. The zero-order valence-corrected chi connectivity index (χ0v) is 7.76. The van der Waals surface area contributed by atoms with E-state index in [1.54, 1.807) is 0 Å². The lowest BCUT2D eigenvalue weighted by molar-refractivity contribution is -0.170. The highest BCUT2D eigenvalue weighted by molar-refractivity contribution is 5.73. The maximum absolute atomic E-state index is 10.9. The van der Waals surface area contributed by atoms with E-state index in [4.69, 9.17) is 5.11 Å². The van der Waals surface area contributed by atoms with Crippen molar-refractivity contribution in [2.45, 2.75) is 39.5 Å². The van der Waals surface area contributed by atoms with Crippen molar-refractivity contribution in [1.82, 2.24) is 0 Å². The van der Waals surface area contributed by atoms with Crippen LogP contribution in [0.25, 0.3) is 0 Å². The Balaban J connectivity index is 2.24. The lowest BCUT2D eigenvalue weighted by Crippen LogP contribution is -2.54. The summed E-state index contributed by atoms with van der Waals surface area (Å²) >= 11 is 0. The van der Waals surface area contributed by atoms with E-state index >= 15 is 0 Å². The van der Waals surface area contributed by atoms with E-state index < -0.39 is 5.97 Å². The molecule has 1 N–H and O–H groups in total. The second-order valence-corrected chi connectivity index (χ2v) is 4.93. The van der Waals surface area contributed by atoms with Crippen LogP contribution in [0.15, 0.2) is 0 Å². The number of carbonyl (C=O) groups is 1. The molecule has 2 aliphatic carbocycles. The Bertz CT molecular complexity index is 236. The summed E-state index contributed by atoms with van der Waals surface area (Å²) in [5.74, 6) is -0.651. The Labute approximate surface area is 73.0 Å². The van der Waals surface area contributed by atoms with Gasteiger partial charge in [-0.2, -0.15) is 0 Å². The number of aliphatic carboxylic acids is 1. The van der Waals surface area contributed by atoms with Crippen LogP contribution in [0.2, 0.25) is 0 Å². The van der Waals surface area contributed by atoms with E-state index in [0.717, 1.165) is 12.8 Å². The first-order valence-corrected chi connectivity index (χ1v) is 4.72. The fourth-order valence-electron chi connectivity index (χ4n) is 3.27. The van der Waals surface area contributed by atoms with Gasteiger partial charge in [0.25, 0.3) is 0 Å². The molecule has 0 saturated heterocycles. The fourth-order valence-corrected chi connectivity index (χ4v) is 3.27. The van der Waals surface area contributed by atoms with Gasteiger partial charge >= 0.3 is 5.97 Å². The van der Waals surface area contributed by atoms with Crippen LogP contribution in [0.5, 0.6) is 0 Å². The average Bonchev–Trinajstić information content (AvgIpc) is 2.16. The Hall–Kier alpha value is -0.530. The maximum Gasteiger partial charge on any atom is 0.307 e. The van der Waals surface area contributed by atoms with Gasteiger partial charge in [0.2, 0.25) is 0 Å². The van der Waals surface area contributed by atoms with E-state index in [1.807, 2.05) is 0 Å². The average molecular weight is 168 g/mol. The van der Waals surface area contributed by atoms with Gasteiger partial charge in [0, 0.05) is 0 Å². The van der Waals surface area contributed by atoms with Crippen molar-refractivity contribution in [2.75, 3.05) is 0 Å². The number of carboxylic acid groups (broad SMARTS) is 1. The zero-order valence-electron chi connectivity index (χ0n) is 7.76. The van der Waals surface area contributed by atoms with Crippen molar-refractivity contribution in [3.63, 3.8) is 0 Å². The smallest absolute Gasteiger partial charge is 0.307 e. The Morgan fingerprint density at radius 3 is 2.58 bits per heavy atom. The van der Waals surface area contributed by atoms with Gasteiger partial charge in [-0.05, 0) is 30.1 Å². The summed E-state index contributed by atoms with van der Waals surface area (Å²) in [7, 11) is 0. The summed E-state index contributed by atoms with van der Waals surface area (Å²) in [6.45, 7) is 4.40. The summed E-state index contributed by atoms with van der Waals surface area (Å²) in [6, 6.07) is 0. The van der Waals surface area contributed by atoms with Crippen LogP contribution in [0.4, 0.5) is 0 Å². The zero-order chi connectivity index (χ0) is 8.98. The molecule has 2 heteroatoms. The minimum absolute atomic E-state index is 0.0648. The van der Waals surface area contributed by atoms with E-state index in [9.17, 15) is 4.79 Å². The molecule has 0 amide bonds. The second kappa shape index (κ2) is 2.04. The number of hydrogen-bond acceptors (Lipinski definition) is 1. The quantitative estimate of drug-likeness (QED) is 0.652. The first-order chi connectivity index (χ1) is 5.50. The van der Waals surface area contributed by atoms with Gasteiger partial charge in [0.15, 0.2) is 0 Å². The molecule has 3 atom stereocenters. The SMILES string of the molecule is CC12CCCC1(C)C(C(=O)O)C2. The molecule has 0 aliphatic heterocycles. The molecule has 2 fully saturated rings. The van der Waals surface area contributed by atoms with Crippen LogP contribution in [0.1, 0.15) is 39.5 Å². The van der Waals surface area contributed by atoms with Gasteiger partial charge in [0.1, 0.15) is 0 Å². The van der Waals surface area contributed by atoms with E-state index in [2.05, 4.69) is 13.8 Å². The molecule has 0 heterocycles. The number of rotatable bonds is 1. The minimum Gasteiger partial charge on any atom is -0.481 e. The molecular formula is C10H16O2. The van der Waals surface area contributed by atoms with E-state index in [0.29, 0.717) is 5.41 Å². The number of hydrogen-bond donors (Lipinski definition) is 1. The van der Waals surface area contributed by atoms with Gasteiger partial charge in [-0.3, -0.25) is 4.79 Å². The third-order valence-electron chi connectivity index (χ3n) is 4.53. The van der Waals surface area contributed by atoms with Crippen LogP contribution in [-0.2, 0) is 4.79 Å². The van der Waals surface area contributed by atoms with Crippen molar-refractivity contribution in [3.8, 4) is 0 Å². The van der Waals surface area contributed by atoms with Gasteiger partial charge in [-0.15, -0.1) is 0 Å². The second-order valence-electron chi connectivity index (χ2n) is 4.93. The topological polar surface area (TPSA) is 37.3 Å². The number of fused-ring (bicyclic) bond motifs is 1. The third-order valence-corrected chi connectivity index (χ3v) is 4.53. The minimum atomic E-state index is -0.586. The molecule has 0 spiro atoms. The molecule has 0 aromatic rings. The molecule has 68 valence electrons. The molecule has 0 radical (unpaired) electrons. The summed E-state index contributed by atoms with van der Waals surface area (Å²) in [5, 5.41) is 8.96. The van der Waals surface area contributed by atoms with Gasteiger partial charge in [0.05, 0.1) is 5.92 Å². The van der Waals surface area contributed by atoms with Crippen molar-refractivity contribution in [2.24, 2.45) is 16.7 Å². The van der Waals surface area contributed by atoms with Crippen molar-refractivity contribution >= 4 is 5.97 Å². The summed E-state index contributed by atoms with van der Waals surface area (Å²) in [6.07, 6.45) is 4.46. The lowest BCUT2D eigenvalue weighted by Gasteiger charge is -2.56.